The SMILES string of the molecule is Cc1ccc2c(c1C)OC1(CCN(C(=O)/C=C/c3ccc(C(C)(C)C)cc3)CC1)CC2=O. The van der Waals surface area contributed by atoms with Gasteiger partial charge in [-0.05, 0) is 53.7 Å². The summed E-state index contributed by atoms with van der Waals surface area (Å²) in [6.45, 7) is 11.8. The number of nitrogens with zero attached hydrogens (tertiary/aromatic N) is 1. The molecule has 0 unspecified atom stereocenters. The molecule has 1 fully saturated rings. The summed E-state index contributed by atoms with van der Waals surface area (Å²) in [5.41, 5.74) is 4.77. The van der Waals surface area contributed by atoms with Gasteiger partial charge in [-0.1, -0.05) is 51.1 Å². The zero-order chi connectivity index (χ0) is 23.1. The number of piperidine rings is 1. The van der Waals surface area contributed by atoms with E-state index in [-0.39, 0.29) is 17.1 Å². The van der Waals surface area contributed by atoms with Gasteiger partial charge < -0.3 is 9.64 Å². The summed E-state index contributed by atoms with van der Waals surface area (Å²) in [5, 5.41) is 0. The number of fused-ring (bicyclic) bond motifs is 1. The van der Waals surface area contributed by atoms with Gasteiger partial charge in [0.15, 0.2) is 5.78 Å². The van der Waals surface area contributed by atoms with E-state index in [2.05, 4.69) is 45.0 Å². The number of carbonyl (C=O) groups excluding carboxylic acids is 2. The lowest BCUT2D eigenvalue weighted by atomic mass is 9.81. The lowest BCUT2D eigenvalue weighted by Gasteiger charge is -2.44. The molecule has 2 aliphatic rings. The molecule has 32 heavy (non-hydrogen) atoms. The van der Waals surface area contributed by atoms with Crippen LogP contribution in [0.4, 0.5) is 0 Å². The molecule has 1 saturated heterocycles. The van der Waals surface area contributed by atoms with E-state index in [0.29, 0.717) is 37.9 Å². The Morgan fingerprint density at radius 1 is 1.03 bits per heavy atom. The van der Waals surface area contributed by atoms with Gasteiger partial charge in [0.1, 0.15) is 11.4 Å². The van der Waals surface area contributed by atoms with E-state index < -0.39 is 5.60 Å². The van der Waals surface area contributed by atoms with E-state index in [1.165, 1.54) is 5.56 Å². The first-order valence-electron chi connectivity index (χ1n) is 11.5. The van der Waals surface area contributed by atoms with Crippen LogP contribution in [0.2, 0.25) is 0 Å². The van der Waals surface area contributed by atoms with Crippen LogP contribution in [0.1, 0.15) is 72.6 Å². The maximum atomic E-state index is 12.8. The lowest BCUT2D eigenvalue weighted by Crippen LogP contribution is -2.52. The van der Waals surface area contributed by atoms with Crippen LogP contribution in [0, 0.1) is 13.8 Å². The van der Waals surface area contributed by atoms with Gasteiger partial charge in [-0.2, -0.15) is 0 Å². The highest BCUT2D eigenvalue weighted by molar-refractivity contribution is 6.01. The average Bonchev–Trinajstić information content (AvgIpc) is 2.75. The molecule has 2 heterocycles. The Hall–Kier alpha value is -2.88. The number of ether oxygens (including phenoxy) is 1. The molecule has 1 spiro atoms. The predicted octanol–water partition coefficient (Wildman–Crippen LogP) is 5.64. The molecule has 0 atom stereocenters. The normalized spacial score (nSPS) is 18.0. The standard InChI is InChI=1S/C28H33NO3/c1-19-6-12-23-24(30)18-28(32-26(23)20(19)2)14-16-29(17-15-28)25(31)13-9-21-7-10-22(11-8-21)27(3,4)5/h6-13H,14-18H2,1-5H3/b13-9+. The molecule has 0 N–H and O–H groups in total. The summed E-state index contributed by atoms with van der Waals surface area (Å²) in [5.74, 6) is 0.890. The molecular weight excluding hydrogens is 398 g/mol. The van der Waals surface area contributed by atoms with Crippen molar-refractivity contribution in [1.82, 2.24) is 4.90 Å². The molecule has 4 heteroatoms. The number of hydrogen-bond donors (Lipinski definition) is 0. The van der Waals surface area contributed by atoms with E-state index in [1.807, 2.05) is 37.0 Å². The van der Waals surface area contributed by atoms with Crippen molar-refractivity contribution in [1.29, 1.82) is 0 Å². The second kappa shape index (κ2) is 8.23. The lowest BCUT2D eigenvalue weighted by molar-refractivity contribution is -0.129. The predicted molar refractivity (Wildman–Crippen MR) is 128 cm³/mol. The van der Waals surface area contributed by atoms with Crippen LogP contribution in [0.3, 0.4) is 0 Å². The van der Waals surface area contributed by atoms with Crippen molar-refractivity contribution in [3.8, 4) is 5.75 Å². The number of ketones is 1. The summed E-state index contributed by atoms with van der Waals surface area (Å²) in [6, 6.07) is 12.2. The van der Waals surface area contributed by atoms with Crippen molar-refractivity contribution >= 4 is 17.8 Å². The van der Waals surface area contributed by atoms with Crippen molar-refractivity contribution in [3.63, 3.8) is 0 Å². The minimum Gasteiger partial charge on any atom is -0.486 e. The monoisotopic (exact) mass is 431 g/mol. The zero-order valence-electron chi connectivity index (χ0n) is 19.8. The summed E-state index contributed by atoms with van der Waals surface area (Å²) < 4.78 is 6.46. The fraction of sp³-hybridized carbons (Fsp3) is 0.429. The number of likely N-dealkylation sites (tertiary alicyclic amines) is 1. The largest absolute Gasteiger partial charge is 0.486 e. The zero-order valence-corrected chi connectivity index (χ0v) is 19.8. The van der Waals surface area contributed by atoms with Gasteiger partial charge in [0, 0.05) is 32.0 Å². The van der Waals surface area contributed by atoms with Crippen LogP contribution in [-0.2, 0) is 10.2 Å². The highest BCUT2D eigenvalue weighted by Crippen LogP contribution is 2.41. The van der Waals surface area contributed by atoms with Crippen LogP contribution in [-0.4, -0.2) is 35.3 Å². The van der Waals surface area contributed by atoms with Gasteiger partial charge in [-0.3, -0.25) is 9.59 Å². The van der Waals surface area contributed by atoms with Crippen molar-refractivity contribution in [3.05, 3.63) is 70.3 Å². The quantitative estimate of drug-likeness (QED) is 0.578. The molecule has 2 aromatic rings. The molecule has 1 amide bonds. The van der Waals surface area contributed by atoms with Gasteiger partial charge in [0.25, 0.3) is 0 Å². The number of benzene rings is 2. The second-order valence-corrected chi connectivity index (χ2v) is 10.3. The Bertz CT molecular complexity index is 1070. The van der Waals surface area contributed by atoms with E-state index in [4.69, 9.17) is 4.74 Å². The second-order valence-electron chi connectivity index (χ2n) is 10.3. The summed E-state index contributed by atoms with van der Waals surface area (Å²) >= 11 is 0. The summed E-state index contributed by atoms with van der Waals surface area (Å²) in [6.07, 6.45) is 5.26. The molecule has 2 aliphatic heterocycles. The van der Waals surface area contributed by atoms with Crippen LogP contribution < -0.4 is 4.74 Å². The van der Waals surface area contributed by atoms with E-state index in [1.54, 1.807) is 6.08 Å². The Morgan fingerprint density at radius 3 is 2.31 bits per heavy atom. The Kier molecular flexibility index (Phi) is 5.74. The number of aryl methyl sites for hydroxylation is 1. The maximum Gasteiger partial charge on any atom is 0.246 e. The Balaban J connectivity index is 1.40. The van der Waals surface area contributed by atoms with Crippen LogP contribution in [0.5, 0.6) is 5.75 Å². The molecule has 0 radical (unpaired) electrons. The van der Waals surface area contributed by atoms with Crippen LogP contribution in [0.15, 0.2) is 42.5 Å². The van der Waals surface area contributed by atoms with Gasteiger partial charge >= 0.3 is 0 Å². The number of carbonyl (C=O) groups is 2. The van der Waals surface area contributed by atoms with Gasteiger partial charge in [-0.15, -0.1) is 0 Å². The van der Waals surface area contributed by atoms with Crippen LogP contribution in [0.25, 0.3) is 6.08 Å². The number of amides is 1. The van der Waals surface area contributed by atoms with Gasteiger partial charge in [0.05, 0.1) is 12.0 Å². The minimum atomic E-state index is -0.494. The van der Waals surface area contributed by atoms with Crippen molar-refractivity contribution < 1.29 is 14.3 Å². The molecule has 0 aromatic heterocycles. The number of Topliss-reactive ketones (excluding diaryl/α,β-unsaturated/α-hetero) is 1. The number of rotatable bonds is 2. The maximum absolute atomic E-state index is 12.8. The molecular formula is C28H33NO3. The third kappa shape index (κ3) is 4.36. The van der Waals surface area contributed by atoms with E-state index >= 15 is 0 Å². The smallest absolute Gasteiger partial charge is 0.246 e. The molecule has 0 aliphatic carbocycles. The first-order valence-corrected chi connectivity index (χ1v) is 11.5. The summed E-state index contributed by atoms with van der Waals surface area (Å²) in [4.78, 5) is 27.4. The van der Waals surface area contributed by atoms with Crippen molar-refractivity contribution in [2.45, 2.75) is 64.9 Å². The van der Waals surface area contributed by atoms with E-state index in [9.17, 15) is 9.59 Å². The molecule has 0 bridgehead atoms. The average molecular weight is 432 g/mol. The fourth-order valence-electron chi connectivity index (χ4n) is 4.56. The van der Waals surface area contributed by atoms with Gasteiger partial charge in [0.2, 0.25) is 5.91 Å². The Labute approximate surface area is 191 Å². The highest BCUT2D eigenvalue weighted by Gasteiger charge is 2.44. The number of hydrogen-bond acceptors (Lipinski definition) is 3. The molecule has 2 aromatic carbocycles. The third-order valence-electron chi connectivity index (χ3n) is 6.96. The van der Waals surface area contributed by atoms with Gasteiger partial charge in [-0.25, -0.2) is 0 Å². The molecule has 4 rings (SSSR count). The Morgan fingerprint density at radius 2 is 1.69 bits per heavy atom. The van der Waals surface area contributed by atoms with Crippen LogP contribution >= 0.6 is 0 Å². The van der Waals surface area contributed by atoms with Crippen molar-refractivity contribution in [2.75, 3.05) is 13.1 Å². The third-order valence-corrected chi connectivity index (χ3v) is 6.96. The highest BCUT2D eigenvalue weighted by atomic mass is 16.5. The first kappa shape index (κ1) is 22.3. The molecule has 168 valence electrons. The molecule has 0 saturated carbocycles. The molecule has 4 nitrogen and oxygen atoms in total. The topological polar surface area (TPSA) is 46.6 Å². The van der Waals surface area contributed by atoms with E-state index in [0.717, 1.165) is 22.4 Å². The fourth-order valence-corrected chi connectivity index (χ4v) is 4.56. The first-order chi connectivity index (χ1) is 15.1. The summed E-state index contributed by atoms with van der Waals surface area (Å²) in [7, 11) is 0. The minimum absolute atomic E-state index is 0.00862. The van der Waals surface area contributed by atoms with Crippen molar-refractivity contribution in [2.24, 2.45) is 0 Å².